The first-order valence-corrected chi connectivity index (χ1v) is 22.7. The molecule has 1 heteroatoms. The summed E-state index contributed by atoms with van der Waals surface area (Å²) in [5, 5.41) is 0. The Morgan fingerprint density at radius 2 is 0.682 bits per heavy atom. The standard InChI is InChI=1S/C65H49N/c1-47(66-65(54-35-21-8-22-36-54)40-37-48-23-9-2-10-24-48)56-41-57(60-44-55(49-25-11-3-12-26-49)38-39-59(60)50-27-13-4-14-28-50)43-58(42-56)64-46-62(52-31-17-6-18-32-52)61(51-29-15-5-16-30-51)45-63(64)53-33-19-7-20-34-53/h2-36,38-46H,37H2,1H3/b65-40-,66-47?. The van der Waals surface area contributed by atoms with Crippen molar-refractivity contribution in [1.29, 1.82) is 0 Å². The minimum Gasteiger partial charge on any atom is -0.253 e. The minimum atomic E-state index is 0.774. The highest BCUT2D eigenvalue weighted by Gasteiger charge is 2.19. The van der Waals surface area contributed by atoms with E-state index in [1.54, 1.807) is 0 Å². The topological polar surface area (TPSA) is 12.4 Å². The maximum Gasteiger partial charge on any atom is 0.0668 e. The molecule has 10 aromatic carbocycles. The maximum atomic E-state index is 5.52. The van der Waals surface area contributed by atoms with Gasteiger partial charge in [0.2, 0.25) is 0 Å². The SMILES string of the molecule is CC(=N/C(=C\Cc1ccccc1)c1ccccc1)c1cc(-c2cc(-c3ccccc3)ccc2-c2ccccc2)cc(-c2cc(-c3ccccc3)c(-c3ccccc3)cc2-c2ccccc2)c1. The average Bonchev–Trinajstić information content (AvgIpc) is 3.41. The fourth-order valence-corrected chi connectivity index (χ4v) is 8.93. The fraction of sp³-hybridized carbons (Fsp3) is 0.0308. The van der Waals surface area contributed by atoms with E-state index in [2.05, 4.69) is 274 Å². The zero-order chi connectivity index (χ0) is 44.5. The lowest BCUT2D eigenvalue weighted by atomic mass is 9.83. The number of benzene rings is 10. The lowest BCUT2D eigenvalue weighted by Crippen LogP contribution is -2.00. The number of hydrogen-bond donors (Lipinski definition) is 0. The molecule has 0 fully saturated rings. The molecule has 0 radical (unpaired) electrons. The van der Waals surface area contributed by atoms with Crippen LogP contribution in [-0.2, 0) is 6.42 Å². The van der Waals surface area contributed by atoms with Crippen LogP contribution in [0.1, 0.15) is 23.6 Å². The van der Waals surface area contributed by atoms with Gasteiger partial charge in [-0.3, -0.25) is 4.99 Å². The molecule has 10 rings (SSSR count). The Morgan fingerprint density at radius 3 is 1.15 bits per heavy atom. The van der Waals surface area contributed by atoms with Crippen molar-refractivity contribution in [2.45, 2.75) is 13.3 Å². The summed E-state index contributed by atoms with van der Waals surface area (Å²) < 4.78 is 0. The third-order valence-corrected chi connectivity index (χ3v) is 12.3. The molecule has 0 aliphatic heterocycles. The molecule has 0 aliphatic rings. The summed E-state index contributed by atoms with van der Waals surface area (Å²) in [7, 11) is 0. The molecule has 314 valence electrons. The van der Waals surface area contributed by atoms with E-state index in [0.717, 1.165) is 56.8 Å². The first kappa shape index (κ1) is 41.6. The molecule has 0 aromatic heterocycles. The van der Waals surface area contributed by atoms with Crippen LogP contribution in [0.2, 0.25) is 0 Å². The summed E-state index contributed by atoms with van der Waals surface area (Å²) in [6.45, 7) is 2.16. The summed E-state index contributed by atoms with van der Waals surface area (Å²) in [5.41, 5.74) is 21.6. The van der Waals surface area contributed by atoms with Crippen LogP contribution in [0.5, 0.6) is 0 Å². The predicted molar refractivity (Wildman–Crippen MR) is 281 cm³/mol. The molecule has 0 spiro atoms. The van der Waals surface area contributed by atoms with E-state index in [1.165, 1.54) is 55.6 Å². The highest BCUT2D eigenvalue weighted by atomic mass is 14.8. The van der Waals surface area contributed by atoms with Gasteiger partial charge in [-0.25, -0.2) is 0 Å². The highest BCUT2D eigenvalue weighted by molar-refractivity contribution is 6.05. The lowest BCUT2D eigenvalue weighted by molar-refractivity contribution is 1.26. The fourth-order valence-electron chi connectivity index (χ4n) is 8.93. The van der Waals surface area contributed by atoms with E-state index in [0.29, 0.717) is 0 Å². The number of hydrogen-bond acceptors (Lipinski definition) is 1. The Morgan fingerprint density at radius 1 is 0.303 bits per heavy atom. The predicted octanol–water partition coefficient (Wildman–Crippen LogP) is 17.4. The molecule has 0 unspecified atom stereocenters. The molecule has 1 nitrogen and oxygen atoms in total. The van der Waals surface area contributed by atoms with Gasteiger partial charge in [0.05, 0.1) is 5.70 Å². The van der Waals surface area contributed by atoms with Crippen molar-refractivity contribution in [3.63, 3.8) is 0 Å². The van der Waals surface area contributed by atoms with Crippen LogP contribution in [0.3, 0.4) is 0 Å². The van der Waals surface area contributed by atoms with Crippen LogP contribution < -0.4 is 0 Å². The molecule has 0 N–H and O–H groups in total. The number of nitrogens with zero attached hydrogens (tertiary/aromatic N) is 1. The molecule has 0 atom stereocenters. The van der Waals surface area contributed by atoms with E-state index in [-0.39, 0.29) is 0 Å². The average molecular weight is 844 g/mol. The summed E-state index contributed by atoms with van der Waals surface area (Å²) in [6, 6.07) is 93.9. The molecule has 66 heavy (non-hydrogen) atoms. The molecule has 0 bridgehead atoms. The van der Waals surface area contributed by atoms with Crippen molar-refractivity contribution in [2.24, 2.45) is 4.99 Å². The zero-order valence-corrected chi connectivity index (χ0v) is 37.1. The molecule has 0 aliphatic carbocycles. The van der Waals surface area contributed by atoms with Crippen molar-refractivity contribution < 1.29 is 0 Å². The Labute approximate surface area is 389 Å². The van der Waals surface area contributed by atoms with Crippen LogP contribution in [0, 0.1) is 0 Å². The summed E-state index contributed by atoms with van der Waals surface area (Å²) in [4.78, 5) is 5.52. The van der Waals surface area contributed by atoms with Crippen LogP contribution in [0.25, 0.3) is 83.6 Å². The first-order chi connectivity index (χ1) is 32.6. The summed E-state index contributed by atoms with van der Waals surface area (Å²) in [6.07, 6.45) is 3.04. The van der Waals surface area contributed by atoms with Gasteiger partial charge in [-0.15, -0.1) is 0 Å². The van der Waals surface area contributed by atoms with Crippen molar-refractivity contribution in [2.75, 3.05) is 0 Å². The highest BCUT2D eigenvalue weighted by Crippen LogP contribution is 2.44. The van der Waals surface area contributed by atoms with E-state index in [9.17, 15) is 0 Å². The second kappa shape index (κ2) is 19.6. The van der Waals surface area contributed by atoms with Gasteiger partial charge in [0, 0.05) is 5.71 Å². The number of rotatable bonds is 12. The molecule has 0 heterocycles. The number of aliphatic imine (C=N–C) groups is 1. The van der Waals surface area contributed by atoms with E-state index in [1.807, 2.05) is 0 Å². The summed E-state index contributed by atoms with van der Waals surface area (Å²) >= 11 is 0. The van der Waals surface area contributed by atoms with E-state index in [4.69, 9.17) is 4.99 Å². The summed E-state index contributed by atoms with van der Waals surface area (Å²) in [5.74, 6) is 0. The first-order valence-electron chi connectivity index (χ1n) is 22.7. The third kappa shape index (κ3) is 9.29. The third-order valence-electron chi connectivity index (χ3n) is 12.3. The molecule has 0 amide bonds. The second-order valence-electron chi connectivity index (χ2n) is 16.7. The van der Waals surface area contributed by atoms with Crippen molar-refractivity contribution in [1.82, 2.24) is 0 Å². The Hall–Kier alpha value is -8.39. The van der Waals surface area contributed by atoms with Gasteiger partial charge in [-0.2, -0.15) is 0 Å². The van der Waals surface area contributed by atoms with Gasteiger partial charge in [0.15, 0.2) is 0 Å². The maximum absolute atomic E-state index is 5.52. The lowest BCUT2D eigenvalue weighted by Gasteiger charge is -2.20. The van der Waals surface area contributed by atoms with Crippen LogP contribution in [0.15, 0.2) is 272 Å². The van der Waals surface area contributed by atoms with Crippen LogP contribution in [-0.4, -0.2) is 5.71 Å². The van der Waals surface area contributed by atoms with Crippen LogP contribution in [0.4, 0.5) is 0 Å². The molecular weight excluding hydrogens is 795 g/mol. The van der Waals surface area contributed by atoms with E-state index < -0.39 is 0 Å². The van der Waals surface area contributed by atoms with Crippen molar-refractivity contribution in [3.8, 4) is 77.9 Å². The Balaban J connectivity index is 1.25. The van der Waals surface area contributed by atoms with Gasteiger partial charge in [0.25, 0.3) is 0 Å². The normalized spacial score (nSPS) is 11.7. The van der Waals surface area contributed by atoms with Gasteiger partial charge in [-0.1, -0.05) is 231 Å². The number of allylic oxidation sites excluding steroid dienone is 1. The van der Waals surface area contributed by atoms with Gasteiger partial charge >= 0.3 is 0 Å². The van der Waals surface area contributed by atoms with Gasteiger partial charge < -0.3 is 0 Å². The van der Waals surface area contributed by atoms with Gasteiger partial charge in [0.1, 0.15) is 0 Å². The molecule has 10 aromatic rings. The van der Waals surface area contributed by atoms with Crippen molar-refractivity contribution >= 4 is 11.4 Å². The van der Waals surface area contributed by atoms with Gasteiger partial charge in [-0.05, 0) is 144 Å². The second-order valence-corrected chi connectivity index (χ2v) is 16.7. The molecule has 0 saturated heterocycles. The quantitative estimate of drug-likeness (QED) is 0.109. The zero-order valence-electron chi connectivity index (χ0n) is 37.1. The minimum absolute atomic E-state index is 0.774. The molecule has 0 saturated carbocycles. The largest absolute Gasteiger partial charge is 0.253 e. The van der Waals surface area contributed by atoms with E-state index >= 15 is 0 Å². The van der Waals surface area contributed by atoms with Crippen molar-refractivity contribution in [3.05, 3.63) is 284 Å². The Bertz CT molecular complexity index is 3270. The van der Waals surface area contributed by atoms with Crippen LogP contribution >= 0.6 is 0 Å². The molecular formula is C65H49N. The smallest absolute Gasteiger partial charge is 0.0668 e. The Kier molecular flexibility index (Phi) is 12.3. The monoisotopic (exact) mass is 843 g/mol.